The van der Waals surface area contributed by atoms with Crippen LogP contribution in [0.25, 0.3) is 0 Å². The lowest BCUT2D eigenvalue weighted by atomic mass is 9.89. The van der Waals surface area contributed by atoms with Crippen molar-refractivity contribution in [2.45, 2.75) is 39.0 Å². The summed E-state index contributed by atoms with van der Waals surface area (Å²) in [6.07, 6.45) is -4.20. The number of halogens is 4. The zero-order chi connectivity index (χ0) is 18.3. The number of hydrogen-bond donors (Lipinski definition) is 1. The molecule has 8 heteroatoms. The topological polar surface area (TPSA) is 49.4 Å². The number of alkyl halides is 3. The molecular weight excluding hydrogens is 345 g/mol. The molecule has 0 aromatic heterocycles. The monoisotopic (exact) mass is 362 g/mol. The van der Waals surface area contributed by atoms with Crippen molar-refractivity contribution in [2.24, 2.45) is 5.41 Å². The summed E-state index contributed by atoms with van der Waals surface area (Å²) >= 11 is 5.80. The van der Waals surface area contributed by atoms with Gasteiger partial charge in [0.05, 0.1) is 10.6 Å². The fourth-order valence-corrected chi connectivity index (χ4v) is 3.13. The lowest BCUT2D eigenvalue weighted by Crippen LogP contribution is -2.42. The Morgan fingerprint density at radius 2 is 2.04 bits per heavy atom. The summed E-state index contributed by atoms with van der Waals surface area (Å²) in [5, 5.41) is 2.14. The van der Waals surface area contributed by atoms with Crippen LogP contribution in [-0.2, 0) is 22.3 Å². The van der Waals surface area contributed by atoms with E-state index in [9.17, 15) is 22.8 Å². The van der Waals surface area contributed by atoms with Crippen LogP contribution < -0.4 is 5.32 Å². The zero-order valence-corrected chi connectivity index (χ0v) is 14.3. The van der Waals surface area contributed by atoms with Crippen LogP contribution in [0.15, 0.2) is 18.2 Å². The first-order chi connectivity index (χ1) is 10.9. The van der Waals surface area contributed by atoms with E-state index in [1.807, 2.05) is 0 Å². The number of likely N-dealkylation sites (tertiary alicyclic amines) is 1. The number of rotatable bonds is 3. The molecule has 0 saturated carbocycles. The van der Waals surface area contributed by atoms with Crippen molar-refractivity contribution in [3.8, 4) is 0 Å². The van der Waals surface area contributed by atoms with E-state index in [0.29, 0.717) is 6.42 Å². The van der Waals surface area contributed by atoms with Gasteiger partial charge in [-0.3, -0.25) is 9.59 Å². The molecule has 1 aromatic carbocycles. The van der Waals surface area contributed by atoms with E-state index < -0.39 is 34.1 Å². The Morgan fingerprint density at radius 3 is 2.54 bits per heavy atom. The first-order valence-electron chi connectivity index (χ1n) is 7.34. The Morgan fingerprint density at radius 1 is 1.42 bits per heavy atom. The zero-order valence-electron chi connectivity index (χ0n) is 13.5. The van der Waals surface area contributed by atoms with Crippen LogP contribution >= 0.6 is 11.6 Å². The number of carbonyl (C=O) groups is 2. The Labute approximate surface area is 143 Å². The third-order valence-electron chi connectivity index (χ3n) is 4.21. The summed E-state index contributed by atoms with van der Waals surface area (Å²) < 4.78 is 38.5. The van der Waals surface area contributed by atoms with Crippen molar-refractivity contribution >= 4 is 23.4 Å². The van der Waals surface area contributed by atoms with Gasteiger partial charge in [0, 0.05) is 19.0 Å². The number of nitrogens with zero attached hydrogens (tertiary/aromatic N) is 1. The fourth-order valence-electron chi connectivity index (χ4n) is 2.83. The molecule has 2 amide bonds. The van der Waals surface area contributed by atoms with E-state index in [2.05, 4.69) is 5.32 Å². The van der Waals surface area contributed by atoms with Crippen molar-refractivity contribution < 1.29 is 22.8 Å². The molecule has 0 radical (unpaired) electrons. The van der Waals surface area contributed by atoms with Crippen LogP contribution in [0.4, 0.5) is 13.2 Å². The minimum atomic E-state index is -4.56. The molecule has 0 bridgehead atoms. The molecule has 1 aliphatic rings. The first-order valence-corrected chi connectivity index (χ1v) is 7.72. The maximum Gasteiger partial charge on any atom is 0.417 e. The molecule has 0 spiro atoms. The Balaban J connectivity index is 2.10. The number of amides is 2. The van der Waals surface area contributed by atoms with Crippen LogP contribution in [0.3, 0.4) is 0 Å². The molecule has 1 saturated heterocycles. The van der Waals surface area contributed by atoms with Crippen molar-refractivity contribution in [1.82, 2.24) is 10.2 Å². The number of nitrogens with one attached hydrogen (secondary N) is 1. The molecule has 132 valence electrons. The van der Waals surface area contributed by atoms with Crippen LogP contribution in [0.1, 0.15) is 31.4 Å². The fraction of sp³-hybridized carbons (Fsp3) is 0.500. The molecule has 1 heterocycles. The summed E-state index contributed by atoms with van der Waals surface area (Å²) in [6.45, 7) is 3.37. The third-order valence-corrected chi connectivity index (χ3v) is 4.66. The molecule has 2 rings (SSSR count). The quantitative estimate of drug-likeness (QED) is 0.897. The van der Waals surface area contributed by atoms with Crippen molar-refractivity contribution in [2.75, 3.05) is 7.05 Å². The van der Waals surface area contributed by atoms with Crippen LogP contribution in [0, 0.1) is 5.41 Å². The van der Waals surface area contributed by atoms with E-state index in [-0.39, 0.29) is 18.0 Å². The smallest absolute Gasteiger partial charge is 0.350 e. The minimum absolute atomic E-state index is 0.138. The van der Waals surface area contributed by atoms with Gasteiger partial charge in [-0.05, 0) is 18.1 Å². The van der Waals surface area contributed by atoms with Gasteiger partial charge in [-0.15, -0.1) is 0 Å². The average molecular weight is 363 g/mol. The molecule has 1 N–H and O–H groups in total. The maximum absolute atomic E-state index is 12.8. The van der Waals surface area contributed by atoms with Crippen LogP contribution in [0.5, 0.6) is 0 Å². The van der Waals surface area contributed by atoms with Gasteiger partial charge in [0.25, 0.3) is 0 Å². The van der Waals surface area contributed by atoms with Gasteiger partial charge in [0.2, 0.25) is 11.8 Å². The second-order valence-corrected chi connectivity index (χ2v) is 6.89. The van der Waals surface area contributed by atoms with Gasteiger partial charge in [-0.2, -0.15) is 13.2 Å². The summed E-state index contributed by atoms with van der Waals surface area (Å²) in [6, 6.07) is 2.91. The second-order valence-electron chi connectivity index (χ2n) is 6.51. The molecule has 0 unspecified atom stereocenters. The van der Waals surface area contributed by atoms with Gasteiger partial charge >= 0.3 is 6.18 Å². The Kier molecular flexibility index (Phi) is 4.86. The van der Waals surface area contributed by atoms with E-state index in [0.717, 1.165) is 6.07 Å². The Hall–Kier alpha value is -1.76. The van der Waals surface area contributed by atoms with Crippen LogP contribution in [0.2, 0.25) is 5.02 Å². The Bertz CT molecular complexity index is 674. The van der Waals surface area contributed by atoms with Crippen molar-refractivity contribution in [1.29, 1.82) is 0 Å². The average Bonchev–Trinajstić information content (AvgIpc) is 2.68. The molecule has 24 heavy (non-hydrogen) atoms. The summed E-state index contributed by atoms with van der Waals surface area (Å²) in [5.41, 5.74) is -1.40. The van der Waals surface area contributed by atoms with Crippen molar-refractivity contribution in [3.05, 3.63) is 34.3 Å². The highest BCUT2D eigenvalue weighted by Crippen LogP contribution is 2.36. The second kappa shape index (κ2) is 6.27. The van der Waals surface area contributed by atoms with Gasteiger partial charge in [0.1, 0.15) is 6.04 Å². The van der Waals surface area contributed by atoms with Gasteiger partial charge in [-0.1, -0.05) is 37.6 Å². The highest BCUT2D eigenvalue weighted by Gasteiger charge is 2.46. The highest BCUT2D eigenvalue weighted by atomic mass is 35.5. The molecule has 0 aliphatic carbocycles. The van der Waals surface area contributed by atoms with E-state index in [1.165, 1.54) is 17.0 Å². The molecule has 1 atom stereocenters. The number of benzene rings is 1. The molecule has 1 aliphatic heterocycles. The predicted octanol–water partition coefficient (Wildman–Crippen LogP) is 3.23. The van der Waals surface area contributed by atoms with Gasteiger partial charge in [0.15, 0.2) is 0 Å². The number of carbonyl (C=O) groups excluding carboxylic acids is 2. The largest absolute Gasteiger partial charge is 0.417 e. The lowest BCUT2D eigenvalue weighted by molar-refractivity contribution is -0.138. The van der Waals surface area contributed by atoms with Gasteiger partial charge < -0.3 is 10.2 Å². The van der Waals surface area contributed by atoms with E-state index in [1.54, 1.807) is 20.9 Å². The SMILES string of the molecule is CN1C(=O)C(C)(C)C[C@H]1C(=O)NCc1cccc(C(F)(F)F)c1Cl. The van der Waals surface area contributed by atoms with Crippen molar-refractivity contribution in [3.63, 3.8) is 0 Å². The summed E-state index contributed by atoms with van der Waals surface area (Å²) in [5.74, 6) is -0.551. The molecule has 4 nitrogen and oxygen atoms in total. The normalized spacial score (nSPS) is 20.4. The standard InChI is InChI=1S/C16H18ClF3N2O2/c1-15(2)7-11(22(3)14(15)24)13(23)21-8-9-5-4-6-10(12(9)17)16(18,19)20/h4-6,11H,7-8H2,1-3H3,(H,21,23)/t11-/m0/s1. The van der Waals surface area contributed by atoms with Gasteiger partial charge in [-0.25, -0.2) is 0 Å². The van der Waals surface area contributed by atoms with Crippen LogP contribution in [-0.4, -0.2) is 29.8 Å². The number of hydrogen-bond acceptors (Lipinski definition) is 2. The highest BCUT2D eigenvalue weighted by molar-refractivity contribution is 6.32. The van der Waals surface area contributed by atoms with E-state index in [4.69, 9.17) is 11.6 Å². The minimum Gasteiger partial charge on any atom is -0.350 e. The predicted molar refractivity (Wildman–Crippen MR) is 83.3 cm³/mol. The third kappa shape index (κ3) is 3.50. The van der Waals surface area contributed by atoms with E-state index >= 15 is 0 Å². The maximum atomic E-state index is 12.8. The molecular formula is C16H18ClF3N2O2. The first kappa shape index (κ1) is 18.6. The molecule has 1 aromatic rings. The summed E-state index contributed by atoms with van der Waals surface area (Å²) in [4.78, 5) is 25.7. The number of likely N-dealkylation sites (N-methyl/N-ethyl adjacent to an activating group) is 1. The molecule has 1 fully saturated rings. The summed E-state index contributed by atoms with van der Waals surface area (Å²) in [7, 11) is 1.54. The lowest BCUT2D eigenvalue weighted by Gasteiger charge is -2.19.